The minimum absolute atomic E-state index is 0.339. The molecule has 4 aromatic rings. The molecule has 0 unspecified atom stereocenters. The van der Waals surface area contributed by atoms with Crippen molar-refractivity contribution < 1.29 is 10.0 Å². The maximum atomic E-state index is 11.5. The molecule has 130 valence electrons. The lowest BCUT2D eigenvalue weighted by atomic mass is 10.1. The first-order chi connectivity index (χ1) is 13.2. The quantitative estimate of drug-likeness (QED) is 0.292. The first-order valence-corrected chi connectivity index (χ1v) is 8.33. The monoisotopic (exact) mass is 353 g/mol. The van der Waals surface area contributed by atoms with Gasteiger partial charge in [0.2, 0.25) is 0 Å². The Balaban J connectivity index is 1.57. The minimum Gasteiger partial charge on any atom is -0.361 e. The zero-order valence-corrected chi connectivity index (χ0v) is 14.2. The van der Waals surface area contributed by atoms with Gasteiger partial charge in [0, 0.05) is 45.6 Å². The molecule has 1 amide bonds. The zero-order chi connectivity index (χ0) is 18.6. The number of nitrogens with one attached hydrogen (secondary N) is 2. The molecule has 0 saturated heterocycles. The molecule has 2 aromatic heterocycles. The van der Waals surface area contributed by atoms with Gasteiger partial charge in [0.25, 0.3) is 5.91 Å². The lowest BCUT2D eigenvalue weighted by Gasteiger charge is -2.03. The third kappa shape index (κ3) is 3.56. The van der Waals surface area contributed by atoms with E-state index in [9.17, 15) is 4.79 Å². The number of aromatic amines is 1. The highest BCUT2D eigenvalue weighted by atomic mass is 16.5. The molecule has 0 aliphatic rings. The second kappa shape index (κ2) is 7.16. The number of fused-ring (bicyclic) bond motifs is 1. The number of hydrogen-bond donors (Lipinski definition) is 3. The molecule has 0 atom stereocenters. The Morgan fingerprint density at radius 2 is 1.74 bits per heavy atom. The van der Waals surface area contributed by atoms with Gasteiger partial charge in [-0.2, -0.15) is 0 Å². The van der Waals surface area contributed by atoms with Crippen LogP contribution in [-0.2, 0) is 0 Å². The number of H-pyrrole nitrogens is 1. The molecule has 0 saturated carbocycles. The molecule has 2 heterocycles. The Kier molecular flexibility index (Phi) is 4.40. The van der Waals surface area contributed by atoms with Gasteiger partial charge >= 0.3 is 0 Å². The predicted octanol–water partition coefficient (Wildman–Crippen LogP) is 3.75. The number of benzene rings is 2. The van der Waals surface area contributed by atoms with Crippen molar-refractivity contribution in [3.8, 4) is 23.1 Å². The van der Waals surface area contributed by atoms with Crippen LogP contribution in [0.15, 0.2) is 73.1 Å². The van der Waals surface area contributed by atoms with Gasteiger partial charge in [-0.3, -0.25) is 15.0 Å². The number of nitrogens with zero attached hydrogens (tertiary/aromatic N) is 1. The molecule has 5 heteroatoms. The number of hydrogen-bond acceptors (Lipinski definition) is 3. The van der Waals surface area contributed by atoms with Crippen molar-refractivity contribution in [2.75, 3.05) is 0 Å². The fraction of sp³-hybridized carbons (Fsp3) is 0. The average Bonchev–Trinajstić information content (AvgIpc) is 3.20. The third-order valence-corrected chi connectivity index (χ3v) is 4.21. The first-order valence-electron chi connectivity index (χ1n) is 8.33. The number of carbonyl (C=O) groups is 1. The van der Waals surface area contributed by atoms with Gasteiger partial charge in [-0.15, -0.1) is 0 Å². The fourth-order valence-electron chi connectivity index (χ4n) is 2.79. The summed E-state index contributed by atoms with van der Waals surface area (Å²) < 4.78 is 0. The lowest BCUT2D eigenvalue weighted by molar-refractivity contribution is 0.0706. The highest BCUT2D eigenvalue weighted by molar-refractivity contribution is 5.94. The molecule has 0 bridgehead atoms. The van der Waals surface area contributed by atoms with Crippen LogP contribution in [-0.4, -0.2) is 21.1 Å². The van der Waals surface area contributed by atoms with Crippen molar-refractivity contribution >= 4 is 16.8 Å². The van der Waals surface area contributed by atoms with E-state index >= 15 is 0 Å². The number of carbonyl (C=O) groups excluding carboxylic acids is 1. The number of hydroxylamine groups is 1. The van der Waals surface area contributed by atoms with Crippen molar-refractivity contribution in [1.29, 1.82) is 0 Å². The molecule has 4 rings (SSSR count). The topological polar surface area (TPSA) is 78.0 Å². The van der Waals surface area contributed by atoms with Crippen LogP contribution in [0.3, 0.4) is 0 Å². The Labute approximate surface area is 155 Å². The Morgan fingerprint density at radius 1 is 0.963 bits per heavy atom. The number of amides is 1. The second-order valence-electron chi connectivity index (χ2n) is 5.98. The van der Waals surface area contributed by atoms with Crippen LogP contribution in [0.2, 0.25) is 0 Å². The summed E-state index contributed by atoms with van der Waals surface area (Å²) in [4.78, 5) is 19.0. The summed E-state index contributed by atoms with van der Waals surface area (Å²) in [7, 11) is 0. The standard InChI is InChI=1S/C22H15N3O2/c26-22(25-27)19-10-12-24-21(14-19)17-6-3-15(4-7-17)1-2-16-5-8-20-18(13-16)9-11-23-20/h3-14,23,27H,(H,25,26). The van der Waals surface area contributed by atoms with E-state index in [-0.39, 0.29) is 0 Å². The fourth-order valence-corrected chi connectivity index (χ4v) is 2.79. The smallest absolute Gasteiger partial charge is 0.274 e. The van der Waals surface area contributed by atoms with Crippen LogP contribution < -0.4 is 5.48 Å². The van der Waals surface area contributed by atoms with Crippen molar-refractivity contribution in [3.63, 3.8) is 0 Å². The summed E-state index contributed by atoms with van der Waals surface area (Å²) in [6.45, 7) is 0. The normalized spacial score (nSPS) is 10.3. The van der Waals surface area contributed by atoms with Gasteiger partial charge in [0.15, 0.2) is 0 Å². The van der Waals surface area contributed by atoms with E-state index in [0.29, 0.717) is 11.3 Å². The van der Waals surface area contributed by atoms with Crippen LogP contribution >= 0.6 is 0 Å². The van der Waals surface area contributed by atoms with Gasteiger partial charge in [-0.05, 0) is 48.5 Å². The summed E-state index contributed by atoms with van der Waals surface area (Å²) in [5.41, 5.74) is 6.41. The maximum Gasteiger partial charge on any atom is 0.274 e. The van der Waals surface area contributed by atoms with Gasteiger partial charge in [-0.1, -0.05) is 24.0 Å². The van der Waals surface area contributed by atoms with Gasteiger partial charge in [0.05, 0.1) is 5.69 Å². The summed E-state index contributed by atoms with van der Waals surface area (Å²) in [5.74, 6) is 5.76. The van der Waals surface area contributed by atoms with Crippen LogP contribution in [0.1, 0.15) is 21.5 Å². The largest absolute Gasteiger partial charge is 0.361 e. The zero-order valence-electron chi connectivity index (χ0n) is 14.2. The Morgan fingerprint density at radius 3 is 2.56 bits per heavy atom. The average molecular weight is 353 g/mol. The van der Waals surface area contributed by atoms with Crippen LogP contribution in [0.5, 0.6) is 0 Å². The molecular formula is C22H15N3O2. The predicted molar refractivity (Wildman–Crippen MR) is 103 cm³/mol. The highest BCUT2D eigenvalue weighted by Gasteiger charge is 2.06. The van der Waals surface area contributed by atoms with Crippen molar-refractivity contribution in [2.45, 2.75) is 0 Å². The molecule has 2 aromatic carbocycles. The molecule has 0 fully saturated rings. The van der Waals surface area contributed by atoms with E-state index in [1.807, 2.05) is 48.7 Å². The number of rotatable bonds is 2. The molecule has 5 nitrogen and oxygen atoms in total. The molecule has 27 heavy (non-hydrogen) atoms. The Hall–Kier alpha value is -3.88. The van der Waals surface area contributed by atoms with Crippen LogP contribution in [0.25, 0.3) is 22.2 Å². The SMILES string of the molecule is O=C(NO)c1ccnc(-c2ccc(C#Cc3ccc4[nH]ccc4c3)cc2)c1. The highest BCUT2D eigenvalue weighted by Crippen LogP contribution is 2.19. The van der Waals surface area contributed by atoms with Crippen LogP contribution in [0.4, 0.5) is 0 Å². The van der Waals surface area contributed by atoms with Gasteiger partial charge in [0.1, 0.15) is 0 Å². The van der Waals surface area contributed by atoms with E-state index in [1.54, 1.807) is 11.5 Å². The van der Waals surface area contributed by atoms with Gasteiger partial charge < -0.3 is 4.98 Å². The second-order valence-corrected chi connectivity index (χ2v) is 5.98. The summed E-state index contributed by atoms with van der Waals surface area (Å²) in [5, 5.41) is 9.88. The number of pyridine rings is 1. The van der Waals surface area contributed by atoms with Crippen molar-refractivity contribution in [3.05, 3.63) is 89.7 Å². The van der Waals surface area contributed by atoms with E-state index in [4.69, 9.17) is 5.21 Å². The third-order valence-electron chi connectivity index (χ3n) is 4.21. The number of aromatic nitrogens is 2. The van der Waals surface area contributed by atoms with Crippen molar-refractivity contribution in [1.82, 2.24) is 15.4 Å². The first kappa shape index (κ1) is 16.6. The van der Waals surface area contributed by atoms with E-state index < -0.39 is 5.91 Å². The van der Waals surface area contributed by atoms with Crippen LogP contribution in [0, 0.1) is 11.8 Å². The summed E-state index contributed by atoms with van der Waals surface area (Å²) in [6, 6.07) is 18.9. The van der Waals surface area contributed by atoms with Crippen molar-refractivity contribution in [2.24, 2.45) is 0 Å². The minimum atomic E-state index is -0.569. The molecule has 0 aliphatic heterocycles. The molecule has 0 radical (unpaired) electrons. The maximum absolute atomic E-state index is 11.5. The molecule has 0 spiro atoms. The lowest BCUT2D eigenvalue weighted by Crippen LogP contribution is -2.18. The van der Waals surface area contributed by atoms with E-state index in [0.717, 1.165) is 27.6 Å². The molecule has 0 aliphatic carbocycles. The van der Waals surface area contributed by atoms with E-state index in [1.165, 1.54) is 12.3 Å². The molecular weight excluding hydrogens is 338 g/mol. The summed E-state index contributed by atoms with van der Waals surface area (Å²) in [6.07, 6.45) is 3.44. The van der Waals surface area contributed by atoms with E-state index in [2.05, 4.69) is 27.9 Å². The van der Waals surface area contributed by atoms with Gasteiger partial charge in [-0.25, -0.2) is 5.48 Å². The Bertz CT molecular complexity index is 1180. The molecule has 3 N–H and O–H groups in total. The summed E-state index contributed by atoms with van der Waals surface area (Å²) >= 11 is 0.